The largest absolute Gasteiger partial charge is 0.378 e. The van der Waals surface area contributed by atoms with Crippen LogP contribution >= 0.6 is 0 Å². The number of fused-ring (bicyclic) bond motifs is 6. The van der Waals surface area contributed by atoms with Gasteiger partial charge in [-0.15, -0.1) is 0 Å². The van der Waals surface area contributed by atoms with E-state index in [9.17, 15) is 28.8 Å². The van der Waals surface area contributed by atoms with Gasteiger partial charge in [0.1, 0.15) is 33.6 Å². The lowest BCUT2D eigenvalue weighted by Crippen LogP contribution is -2.43. The molecule has 4 aliphatic heterocycles. The number of aromatic amines is 6. The van der Waals surface area contributed by atoms with Crippen LogP contribution in [-0.4, -0.2) is 211 Å². The molecule has 9 N–H and O–H groups in total. The maximum atomic E-state index is 13.2. The fourth-order valence-electron chi connectivity index (χ4n) is 15.1. The molecule has 0 bridgehead atoms. The molecule has 32 heteroatoms. The molecule has 1 aliphatic carbocycles. The van der Waals surface area contributed by atoms with E-state index in [4.69, 9.17) is 19.7 Å². The first-order valence-electron chi connectivity index (χ1n) is 38.7. The Morgan fingerprint density at radius 3 is 1.15 bits per heavy atom. The van der Waals surface area contributed by atoms with Crippen LogP contribution in [0.2, 0.25) is 0 Å². The number of anilines is 3. The Morgan fingerprint density at radius 2 is 0.783 bits per heavy atom. The van der Waals surface area contributed by atoms with E-state index >= 15 is 0 Å². The van der Waals surface area contributed by atoms with Crippen LogP contribution in [0.1, 0.15) is 103 Å². The molecule has 578 valence electrons. The normalized spacial score (nSPS) is 14.9. The number of hydrogen-bond donors (Lipinski definition) is 9. The minimum Gasteiger partial charge on any atom is -0.378 e. The number of pyridine rings is 6. The Kier molecular flexibility index (Phi) is 19.7. The van der Waals surface area contributed by atoms with Gasteiger partial charge in [-0.1, -0.05) is 32.0 Å². The highest BCUT2D eigenvalue weighted by Crippen LogP contribution is 2.37. The van der Waals surface area contributed by atoms with Crippen LogP contribution in [0.5, 0.6) is 0 Å². The van der Waals surface area contributed by atoms with Crippen LogP contribution in [-0.2, 0) is 14.3 Å². The molecule has 115 heavy (non-hydrogen) atoms. The number of H-pyrrole nitrogens is 6. The van der Waals surface area contributed by atoms with E-state index in [2.05, 4.69) is 91.4 Å². The number of urea groups is 1. The summed E-state index contributed by atoms with van der Waals surface area (Å²) >= 11 is 0. The number of amides is 7. The van der Waals surface area contributed by atoms with Crippen LogP contribution in [0.3, 0.4) is 0 Å². The van der Waals surface area contributed by atoms with Crippen molar-refractivity contribution < 1.29 is 33.5 Å². The van der Waals surface area contributed by atoms with Gasteiger partial charge >= 0.3 is 6.03 Å². The third-order valence-corrected chi connectivity index (χ3v) is 21.2. The van der Waals surface area contributed by atoms with E-state index in [1.807, 2.05) is 120 Å². The van der Waals surface area contributed by atoms with Crippen LogP contribution in [0.25, 0.3) is 134 Å². The summed E-state index contributed by atoms with van der Waals surface area (Å²) in [7, 11) is 0. The second-order valence-electron chi connectivity index (χ2n) is 29.8. The number of morpholine rings is 1. The van der Waals surface area contributed by atoms with Crippen LogP contribution in [0.15, 0.2) is 147 Å². The number of nitrogens with zero attached hydrogens (tertiary/aromatic N) is 16. The molecule has 5 fully saturated rings. The van der Waals surface area contributed by atoms with Crippen molar-refractivity contribution in [3.63, 3.8) is 0 Å². The van der Waals surface area contributed by atoms with Crippen molar-refractivity contribution in [2.45, 2.75) is 71.6 Å². The molecule has 0 radical (unpaired) electrons. The summed E-state index contributed by atoms with van der Waals surface area (Å²) in [4.78, 5) is 135. The zero-order valence-corrected chi connectivity index (χ0v) is 63.0. The van der Waals surface area contributed by atoms with Gasteiger partial charge in [0.05, 0.1) is 98.3 Å². The maximum absolute atomic E-state index is 13.2. The highest BCUT2D eigenvalue weighted by atomic mass is 16.5. The van der Waals surface area contributed by atoms with E-state index in [0.717, 1.165) is 157 Å². The van der Waals surface area contributed by atoms with Gasteiger partial charge in [-0.3, -0.25) is 54.2 Å². The summed E-state index contributed by atoms with van der Waals surface area (Å²) in [6.07, 6.45) is 23.8. The first-order chi connectivity index (χ1) is 56.2. The first-order valence-corrected chi connectivity index (χ1v) is 38.7. The summed E-state index contributed by atoms with van der Waals surface area (Å²) in [6.45, 7) is 10.9. The number of likely N-dealkylation sites (tertiary alicyclic amines) is 3. The number of carbonyl (C=O) groups is 6. The molecule has 1 saturated carbocycles. The van der Waals surface area contributed by atoms with E-state index in [-0.39, 0.29) is 47.4 Å². The van der Waals surface area contributed by atoms with E-state index in [1.54, 1.807) is 60.7 Å². The molecule has 15 aromatic rings. The molecular weight excluding hydrogens is 1460 g/mol. The minimum atomic E-state index is -0.180. The maximum Gasteiger partial charge on any atom is 0.322 e. The highest BCUT2D eigenvalue weighted by molar-refractivity contribution is 6.09. The van der Waals surface area contributed by atoms with E-state index < -0.39 is 0 Å². The van der Waals surface area contributed by atoms with Gasteiger partial charge in [-0.25, -0.2) is 34.7 Å². The monoisotopic (exact) mass is 1540 g/mol. The van der Waals surface area contributed by atoms with Gasteiger partial charge in [0.25, 0.3) is 17.7 Å². The second-order valence-corrected chi connectivity index (χ2v) is 29.8. The molecule has 0 unspecified atom stereocenters. The van der Waals surface area contributed by atoms with Crippen molar-refractivity contribution >= 4 is 119 Å². The number of aromatic nitrogens is 18. The summed E-state index contributed by atoms with van der Waals surface area (Å²) in [5.41, 5.74) is 16.5. The number of hydrogen-bond acceptors (Lipinski definition) is 19. The van der Waals surface area contributed by atoms with Crippen LogP contribution in [0, 0.1) is 11.8 Å². The quantitative estimate of drug-likeness (QED) is 0.0460. The number of benzene rings is 3. The Balaban J connectivity index is 0.000000120. The molecule has 0 atom stereocenters. The number of imidazole rings is 3. The van der Waals surface area contributed by atoms with Gasteiger partial charge in [-0.05, 0) is 130 Å². The van der Waals surface area contributed by atoms with Crippen molar-refractivity contribution in [2.24, 2.45) is 11.8 Å². The minimum absolute atomic E-state index is 0.00710. The zero-order valence-electron chi connectivity index (χ0n) is 63.0. The average molecular weight is 1540 g/mol. The number of para-hydroxylation sites is 3. The van der Waals surface area contributed by atoms with Crippen LogP contribution < -0.4 is 16.0 Å². The molecular formula is C83H79N25O7. The standard InChI is InChI=1S/C28H27N9O3.C28H28N8O2.C27H24N8O2/c38-27(36-6-1-2-7-36)20-4-3-5-22-23(20)33-26(32-22)24-21-13-18(15-30-25(21)35-34-24)17-12-19(16-29-14-17)31-28(39)37-8-10-40-11-9-37;1-16(2)10-23(37)31-19-11-17(13-29-15-19)18-12-21-25(34-35-26(21)30-14-18)27-32-22-7-5-6-20(24(22)33-27)28(38)36-8-3-4-9-36;36-26(15-6-7-15)30-18-10-16(12-28-14-18)17-11-20-23(33-34-24(20)29-13-17)25-31-21-5-3-4-19(22(21)32-25)27(37)35-8-1-2-9-35/h3-5,12-16H,1-2,6-11H2,(H,31,39)(H,32,33)(H,30,34,35);5-7,11-16H,3-4,8-10H2,1-2H3,(H,31,37)(H,32,33)(H,30,34,35);3-5,10-15H,1-2,6-9H2,(H,30,36)(H,31,32)(H,29,33,34). The topological polar surface area (TPSA) is 410 Å². The van der Waals surface area contributed by atoms with Gasteiger partial charge in [-0.2, -0.15) is 15.3 Å². The second kappa shape index (κ2) is 31.3. The van der Waals surface area contributed by atoms with Gasteiger partial charge in [0.15, 0.2) is 34.4 Å². The molecule has 7 amide bonds. The van der Waals surface area contributed by atoms with Crippen molar-refractivity contribution in [3.05, 3.63) is 163 Å². The molecule has 12 aromatic heterocycles. The Bertz CT molecular complexity index is 6260. The number of nitrogens with one attached hydrogen (secondary N) is 9. The molecule has 32 nitrogen and oxygen atoms in total. The summed E-state index contributed by atoms with van der Waals surface area (Å²) in [5, 5.41) is 33.4. The molecule has 16 heterocycles. The molecule has 0 spiro atoms. The number of carbonyl (C=O) groups excluding carboxylic acids is 6. The molecule has 4 saturated heterocycles. The van der Waals surface area contributed by atoms with E-state index in [0.29, 0.717) is 135 Å². The SMILES string of the molecule is CC(C)CC(=O)Nc1cncc(-c2cnc3n[nH]c(-c4nc5c(C(=O)N6CCCC6)cccc5[nH]4)c3c2)c1.O=C(Nc1cncc(-c2cnc3n[nH]c(-c4nc5c(C(=O)N6CCCC6)cccc5[nH]4)c3c2)c1)C1CC1.O=C(Nc1cncc(-c2cnc3n[nH]c(-c4nc5c(C(=O)N6CCCC6)cccc5[nH]4)c3c2)c1)N1CCOCC1. The lowest BCUT2D eigenvalue weighted by atomic mass is 10.1. The van der Waals surface area contributed by atoms with Crippen molar-refractivity contribution in [1.29, 1.82) is 0 Å². The lowest BCUT2D eigenvalue weighted by Gasteiger charge is -2.26. The van der Waals surface area contributed by atoms with Crippen molar-refractivity contribution in [2.75, 3.05) is 81.5 Å². The van der Waals surface area contributed by atoms with Crippen molar-refractivity contribution in [3.8, 4) is 67.9 Å². The summed E-state index contributed by atoms with van der Waals surface area (Å²) in [5.74, 6) is 2.15. The average Bonchev–Trinajstić information content (AvgIpc) is 1.63. The Morgan fingerprint density at radius 1 is 0.426 bits per heavy atom. The number of rotatable bonds is 15. The molecule has 3 aromatic carbocycles. The van der Waals surface area contributed by atoms with Crippen LogP contribution in [0.4, 0.5) is 21.9 Å². The van der Waals surface area contributed by atoms with Gasteiger partial charge in [0.2, 0.25) is 11.8 Å². The van der Waals surface area contributed by atoms with Gasteiger partial charge in [0, 0.05) is 135 Å². The number of ether oxygens (including phenoxy) is 1. The third kappa shape index (κ3) is 15.1. The first kappa shape index (κ1) is 72.5. The lowest BCUT2D eigenvalue weighted by molar-refractivity contribution is -0.117. The summed E-state index contributed by atoms with van der Waals surface area (Å²) in [6, 6.07) is 28.2. The van der Waals surface area contributed by atoms with Crippen molar-refractivity contribution in [1.82, 2.24) is 110 Å². The van der Waals surface area contributed by atoms with Gasteiger partial charge < -0.3 is 55.2 Å². The predicted molar refractivity (Wildman–Crippen MR) is 433 cm³/mol. The predicted octanol–water partition coefficient (Wildman–Crippen LogP) is 12.6. The zero-order chi connectivity index (χ0) is 78.2. The van der Waals surface area contributed by atoms with E-state index in [1.165, 1.54) is 0 Å². The molecule has 20 rings (SSSR count). The Labute approximate surface area is 655 Å². The Hall–Kier alpha value is -14.0. The smallest absolute Gasteiger partial charge is 0.322 e. The fourth-order valence-corrected chi connectivity index (χ4v) is 15.1. The summed E-state index contributed by atoms with van der Waals surface area (Å²) < 4.78 is 5.33. The fraction of sp³-hybridized carbons (Fsp3) is 0.277. The molecule has 5 aliphatic rings. The highest BCUT2D eigenvalue weighted by Gasteiger charge is 2.31. The third-order valence-electron chi connectivity index (χ3n) is 21.2.